The molecule has 0 radical (unpaired) electrons. The SMILES string of the molecule is Cc1nc(C2CCCC2)sc1C(=O)NC(C)(CN)C1CC1.Cl.Cl. The molecule has 3 N–H and O–H groups in total. The molecule has 0 aromatic carbocycles. The summed E-state index contributed by atoms with van der Waals surface area (Å²) < 4.78 is 0. The van der Waals surface area contributed by atoms with Crippen LogP contribution in [0, 0.1) is 12.8 Å². The summed E-state index contributed by atoms with van der Waals surface area (Å²) in [6.07, 6.45) is 7.36. The van der Waals surface area contributed by atoms with Gasteiger partial charge in [0.15, 0.2) is 0 Å². The summed E-state index contributed by atoms with van der Waals surface area (Å²) in [5.41, 5.74) is 6.50. The number of aromatic nitrogens is 1. The Morgan fingerprint density at radius 1 is 1.30 bits per heavy atom. The minimum Gasteiger partial charge on any atom is -0.345 e. The molecule has 2 fully saturated rings. The third kappa shape index (κ3) is 4.38. The van der Waals surface area contributed by atoms with E-state index in [2.05, 4.69) is 17.2 Å². The number of halogens is 2. The van der Waals surface area contributed by atoms with Crippen LogP contribution < -0.4 is 11.1 Å². The van der Waals surface area contributed by atoms with Gasteiger partial charge in [-0.05, 0) is 45.4 Å². The lowest BCUT2D eigenvalue weighted by molar-refractivity contribution is 0.0901. The standard InChI is InChI=1S/C16H25N3OS.2ClH/c1-10-13(21-15(18-10)11-5-3-4-6-11)14(20)19-16(2,9-17)12-7-8-12;;/h11-12H,3-9,17H2,1-2H3,(H,19,20);2*1H. The van der Waals surface area contributed by atoms with Gasteiger partial charge in [-0.2, -0.15) is 0 Å². The van der Waals surface area contributed by atoms with Crippen LogP contribution in [-0.4, -0.2) is 23.0 Å². The summed E-state index contributed by atoms with van der Waals surface area (Å²) >= 11 is 1.58. The number of hydrogen-bond donors (Lipinski definition) is 2. The molecular weight excluding hydrogens is 353 g/mol. The Bertz CT molecular complexity index is 541. The van der Waals surface area contributed by atoms with Crippen LogP contribution in [0.1, 0.15) is 71.7 Å². The maximum absolute atomic E-state index is 12.6. The van der Waals surface area contributed by atoms with Crippen LogP contribution in [0.15, 0.2) is 0 Å². The smallest absolute Gasteiger partial charge is 0.263 e. The van der Waals surface area contributed by atoms with Crippen molar-refractivity contribution in [2.75, 3.05) is 6.54 Å². The van der Waals surface area contributed by atoms with Gasteiger partial charge in [-0.15, -0.1) is 36.2 Å². The number of aryl methyl sites for hydroxylation is 1. The lowest BCUT2D eigenvalue weighted by Crippen LogP contribution is -2.53. The first-order chi connectivity index (χ1) is 10.0. The molecule has 1 amide bonds. The van der Waals surface area contributed by atoms with Crippen molar-refractivity contribution in [1.82, 2.24) is 10.3 Å². The highest BCUT2D eigenvalue weighted by Gasteiger charge is 2.42. The fraction of sp³-hybridized carbons (Fsp3) is 0.750. The molecule has 2 aliphatic carbocycles. The summed E-state index contributed by atoms with van der Waals surface area (Å²) in [5.74, 6) is 1.11. The Morgan fingerprint density at radius 2 is 1.91 bits per heavy atom. The van der Waals surface area contributed by atoms with Crippen molar-refractivity contribution in [1.29, 1.82) is 0 Å². The van der Waals surface area contributed by atoms with Crippen LogP contribution in [0.25, 0.3) is 0 Å². The molecule has 4 nitrogen and oxygen atoms in total. The van der Waals surface area contributed by atoms with Gasteiger partial charge in [-0.1, -0.05) is 12.8 Å². The number of nitrogens with zero attached hydrogens (tertiary/aromatic N) is 1. The Morgan fingerprint density at radius 3 is 2.43 bits per heavy atom. The molecule has 7 heteroatoms. The number of nitrogens with one attached hydrogen (secondary N) is 1. The minimum absolute atomic E-state index is 0. The average Bonchev–Trinajstić information content (AvgIpc) is 3.04. The minimum atomic E-state index is -0.263. The van der Waals surface area contributed by atoms with E-state index in [9.17, 15) is 4.79 Å². The van der Waals surface area contributed by atoms with Gasteiger partial charge in [0.05, 0.1) is 16.2 Å². The largest absolute Gasteiger partial charge is 0.345 e. The van der Waals surface area contributed by atoms with Gasteiger partial charge in [0.2, 0.25) is 0 Å². The molecule has 1 aromatic rings. The second-order valence-electron chi connectivity index (χ2n) is 6.80. The van der Waals surface area contributed by atoms with E-state index in [4.69, 9.17) is 5.73 Å². The second-order valence-corrected chi connectivity index (χ2v) is 7.83. The molecule has 132 valence electrons. The third-order valence-electron chi connectivity index (χ3n) is 5.03. The number of carbonyl (C=O) groups is 1. The maximum Gasteiger partial charge on any atom is 0.263 e. The first-order valence-electron chi connectivity index (χ1n) is 8.03. The van der Waals surface area contributed by atoms with E-state index < -0.39 is 0 Å². The molecule has 0 aliphatic heterocycles. The van der Waals surface area contributed by atoms with E-state index in [1.54, 1.807) is 11.3 Å². The van der Waals surface area contributed by atoms with E-state index >= 15 is 0 Å². The zero-order chi connectivity index (χ0) is 15.0. The van der Waals surface area contributed by atoms with Crippen LogP contribution in [0.3, 0.4) is 0 Å². The van der Waals surface area contributed by atoms with Crippen LogP contribution in [0.4, 0.5) is 0 Å². The van der Waals surface area contributed by atoms with Gasteiger partial charge >= 0.3 is 0 Å². The molecule has 0 spiro atoms. The zero-order valence-electron chi connectivity index (χ0n) is 13.8. The lowest BCUT2D eigenvalue weighted by atomic mass is 9.96. The van der Waals surface area contributed by atoms with Crippen molar-refractivity contribution in [2.45, 2.75) is 63.8 Å². The molecule has 0 saturated heterocycles. The molecule has 0 bridgehead atoms. The molecular formula is C16H27Cl2N3OS. The molecule has 1 aromatic heterocycles. The first kappa shape index (κ1) is 20.7. The maximum atomic E-state index is 12.6. The van der Waals surface area contributed by atoms with Crippen molar-refractivity contribution in [3.05, 3.63) is 15.6 Å². The highest BCUT2D eigenvalue weighted by molar-refractivity contribution is 7.13. The molecule has 3 rings (SSSR count). The zero-order valence-corrected chi connectivity index (χ0v) is 16.2. The molecule has 23 heavy (non-hydrogen) atoms. The number of amides is 1. The van der Waals surface area contributed by atoms with Gasteiger partial charge < -0.3 is 11.1 Å². The van der Waals surface area contributed by atoms with Gasteiger partial charge in [0.1, 0.15) is 4.88 Å². The van der Waals surface area contributed by atoms with Crippen molar-refractivity contribution in [2.24, 2.45) is 11.7 Å². The Kier molecular flexibility index (Phi) is 7.33. The Hall–Kier alpha value is -0.360. The van der Waals surface area contributed by atoms with E-state index in [0.29, 0.717) is 18.4 Å². The van der Waals surface area contributed by atoms with Crippen molar-refractivity contribution in [3.8, 4) is 0 Å². The van der Waals surface area contributed by atoms with Crippen LogP contribution in [0.2, 0.25) is 0 Å². The second kappa shape index (κ2) is 8.15. The third-order valence-corrected chi connectivity index (χ3v) is 6.34. The van der Waals surface area contributed by atoms with E-state index in [1.807, 2.05) is 6.92 Å². The van der Waals surface area contributed by atoms with Gasteiger partial charge in [-0.3, -0.25) is 4.79 Å². The summed E-state index contributed by atoms with van der Waals surface area (Å²) in [6.45, 7) is 4.51. The Labute approximate surface area is 154 Å². The lowest BCUT2D eigenvalue weighted by Gasteiger charge is -2.29. The average molecular weight is 380 g/mol. The van der Waals surface area contributed by atoms with Crippen molar-refractivity contribution >= 4 is 42.1 Å². The Balaban J connectivity index is 0.00000132. The summed E-state index contributed by atoms with van der Waals surface area (Å²) in [5, 5.41) is 4.32. The molecule has 2 aliphatic rings. The van der Waals surface area contributed by atoms with Crippen molar-refractivity contribution in [3.63, 3.8) is 0 Å². The number of thiazole rings is 1. The molecule has 1 heterocycles. The molecule has 2 saturated carbocycles. The van der Waals surface area contributed by atoms with Gasteiger partial charge in [-0.25, -0.2) is 4.98 Å². The monoisotopic (exact) mass is 379 g/mol. The summed E-state index contributed by atoms with van der Waals surface area (Å²) in [4.78, 5) is 18.0. The quantitative estimate of drug-likeness (QED) is 0.816. The van der Waals surface area contributed by atoms with E-state index in [-0.39, 0.29) is 36.3 Å². The number of hydrogen-bond acceptors (Lipinski definition) is 4. The number of carbonyl (C=O) groups excluding carboxylic acids is 1. The van der Waals surface area contributed by atoms with Crippen LogP contribution >= 0.6 is 36.2 Å². The van der Waals surface area contributed by atoms with E-state index in [1.165, 1.54) is 38.5 Å². The fourth-order valence-electron chi connectivity index (χ4n) is 3.33. The first-order valence-corrected chi connectivity index (χ1v) is 8.85. The van der Waals surface area contributed by atoms with Gasteiger partial charge in [0.25, 0.3) is 5.91 Å². The van der Waals surface area contributed by atoms with Crippen LogP contribution in [-0.2, 0) is 0 Å². The predicted molar refractivity (Wildman–Crippen MR) is 100 cm³/mol. The van der Waals surface area contributed by atoms with Crippen LogP contribution in [0.5, 0.6) is 0 Å². The van der Waals surface area contributed by atoms with Crippen molar-refractivity contribution < 1.29 is 4.79 Å². The number of rotatable bonds is 5. The van der Waals surface area contributed by atoms with E-state index in [0.717, 1.165) is 15.6 Å². The predicted octanol–water partition coefficient (Wildman–Crippen LogP) is 3.81. The molecule has 1 unspecified atom stereocenters. The van der Waals surface area contributed by atoms with Gasteiger partial charge in [0, 0.05) is 12.5 Å². The molecule has 1 atom stereocenters. The normalized spacial score (nSPS) is 20.3. The highest BCUT2D eigenvalue weighted by Crippen LogP contribution is 2.40. The highest BCUT2D eigenvalue weighted by atomic mass is 35.5. The summed E-state index contributed by atoms with van der Waals surface area (Å²) in [7, 11) is 0. The summed E-state index contributed by atoms with van der Waals surface area (Å²) in [6, 6.07) is 0. The fourth-order valence-corrected chi connectivity index (χ4v) is 4.46. The number of nitrogens with two attached hydrogens (primary N) is 1. The topological polar surface area (TPSA) is 68.0 Å².